The third-order valence-electron chi connectivity index (χ3n) is 2.20. The van der Waals surface area contributed by atoms with Crippen LogP contribution in [0, 0.1) is 0 Å². The first kappa shape index (κ1) is 10.7. The van der Waals surface area contributed by atoms with Gasteiger partial charge in [-0.2, -0.15) is 0 Å². The average molecular weight is 236 g/mol. The topological polar surface area (TPSA) is 71.8 Å². The van der Waals surface area contributed by atoms with Gasteiger partial charge in [0.15, 0.2) is 5.95 Å². The number of nitrogens with two attached hydrogens (primary N) is 1. The molecule has 82 valence electrons. The van der Waals surface area contributed by atoms with Crippen molar-refractivity contribution in [3.63, 3.8) is 0 Å². The molecule has 0 fully saturated rings. The first-order chi connectivity index (χ1) is 7.65. The second-order valence-electron chi connectivity index (χ2n) is 3.43. The van der Waals surface area contributed by atoms with Crippen molar-refractivity contribution >= 4 is 17.5 Å². The zero-order chi connectivity index (χ0) is 11.5. The van der Waals surface area contributed by atoms with E-state index in [4.69, 9.17) is 17.3 Å². The van der Waals surface area contributed by atoms with E-state index in [9.17, 15) is 4.79 Å². The second kappa shape index (κ2) is 4.37. The van der Waals surface area contributed by atoms with Gasteiger partial charge in [-0.15, -0.1) is 0 Å². The highest BCUT2D eigenvalue weighted by Gasteiger charge is 2.02. The maximum atomic E-state index is 11.5. The van der Waals surface area contributed by atoms with Crippen molar-refractivity contribution in [3.05, 3.63) is 57.0 Å². The highest BCUT2D eigenvalue weighted by atomic mass is 35.5. The molecule has 0 spiro atoms. The molecule has 0 aliphatic carbocycles. The Hall–Kier alpha value is -1.81. The molecule has 0 bridgehead atoms. The molecular formula is C11H10ClN3O. The maximum absolute atomic E-state index is 11.5. The number of aromatic nitrogens is 2. The Morgan fingerprint density at radius 2 is 2.00 bits per heavy atom. The van der Waals surface area contributed by atoms with Gasteiger partial charge in [0.1, 0.15) is 0 Å². The lowest BCUT2D eigenvalue weighted by atomic mass is 10.1. The molecule has 0 radical (unpaired) electrons. The molecule has 2 rings (SSSR count). The molecule has 3 N–H and O–H groups in total. The van der Waals surface area contributed by atoms with Crippen LogP contribution in [0.25, 0.3) is 0 Å². The minimum Gasteiger partial charge on any atom is -0.369 e. The van der Waals surface area contributed by atoms with E-state index in [0.29, 0.717) is 17.0 Å². The van der Waals surface area contributed by atoms with Gasteiger partial charge in [-0.05, 0) is 17.7 Å². The third-order valence-corrected chi connectivity index (χ3v) is 2.45. The Kier molecular flexibility index (Phi) is 2.92. The van der Waals surface area contributed by atoms with Gasteiger partial charge in [-0.25, -0.2) is 4.98 Å². The fourth-order valence-corrected chi connectivity index (χ4v) is 1.51. The number of hydrogen-bond donors (Lipinski definition) is 2. The molecule has 0 aliphatic heterocycles. The number of aromatic amines is 1. The van der Waals surface area contributed by atoms with Gasteiger partial charge < -0.3 is 5.73 Å². The van der Waals surface area contributed by atoms with Crippen molar-refractivity contribution in [2.75, 3.05) is 5.73 Å². The predicted octanol–water partition coefficient (Wildman–Crippen LogP) is 1.60. The predicted molar refractivity (Wildman–Crippen MR) is 63.5 cm³/mol. The zero-order valence-corrected chi connectivity index (χ0v) is 9.16. The summed E-state index contributed by atoms with van der Waals surface area (Å²) in [5.41, 5.74) is 6.73. The molecule has 0 unspecified atom stereocenters. The lowest BCUT2D eigenvalue weighted by Crippen LogP contribution is -2.15. The van der Waals surface area contributed by atoms with Gasteiger partial charge >= 0.3 is 0 Å². The van der Waals surface area contributed by atoms with Gasteiger partial charge in [0.05, 0.1) is 0 Å². The van der Waals surface area contributed by atoms with E-state index < -0.39 is 0 Å². The van der Waals surface area contributed by atoms with E-state index in [1.165, 1.54) is 6.20 Å². The number of benzene rings is 1. The van der Waals surface area contributed by atoms with E-state index in [2.05, 4.69) is 9.97 Å². The minimum absolute atomic E-state index is 0.129. The molecule has 4 nitrogen and oxygen atoms in total. The normalized spacial score (nSPS) is 10.3. The largest absolute Gasteiger partial charge is 0.369 e. The van der Waals surface area contributed by atoms with E-state index in [1.807, 2.05) is 12.1 Å². The smallest absolute Gasteiger partial charge is 0.255 e. The fraction of sp³-hybridized carbons (Fsp3) is 0.0909. The highest BCUT2D eigenvalue weighted by molar-refractivity contribution is 6.30. The Labute approximate surface area is 97.1 Å². The number of halogens is 1. The molecule has 0 saturated carbocycles. The monoisotopic (exact) mass is 235 g/mol. The molecule has 0 atom stereocenters. The van der Waals surface area contributed by atoms with Crippen molar-refractivity contribution in [1.29, 1.82) is 0 Å². The first-order valence-corrected chi connectivity index (χ1v) is 5.11. The molecule has 1 heterocycles. The molecule has 0 amide bonds. The number of nitrogen functional groups attached to an aromatic ring is 1. The number of hydrogen-bond acceptors (Lipinski definition) is 3. The van der Waals surface area contributed by atoms with Crippen molar-refractivity contribution in [2.45, 2.75) is 6.42 Å². The number of nitrogens with zero attached hydrogens (tertiary/aromatic N) is 1. The molecule has 0 aliphatic rings. The number of anilines is 1. The summed E-state index contributed by atoms with van der Waals surface area (Å²) < 4.78 is 0. The summed E-state index contributed by atoms with van der Waals surface area (Å²) in [4.78, 5) is 17.8. The second-order valence-corrected chi connectivity index (χ2v) is 3.86. The van der Waals surface area contributed by atoms with Crippen molar-refractivity contribution < 1.29 is 0 Å². The molecule has 2 aromatic rings. The first-order valence-electron chi connectivity index (χ1n) is 4.73. The Balaban J connectivity index is 2.27. The van der Waals surface area contributed by atoms with Crippen molar-refractivity contribution in [3.8, 4) is 0 Å². The van der Waals surface area contributed by atoms with Gasteiger partial charge in [-0.3, -0.25) is 9.78 Å². The minimum atomic E-state index is -0.206. The molecule has 1 aromatic heterocycles. The van der Waals surface area contributed by atoms with Crippen LogP contribution in [-0.4, -0.2) is 9.97 Å². The van der Waals surface area contributed by atoms with Crippen LogP contribution < -0.4 is 11.3 Å². The number of rotatable bonds is 2. The van der Waals surface area contributed by atoms with E-state index in [0.717, 1.165) is 5.56 Å². The standard InChI is InChI=1S/C11H10ClN3O/c12-9-3-1-7(2-4-9)5-8-6-14-11(13)15-10(8)16/h1-4,6H,5H2,(H3,13,14,15,16). The summed E-state index contributed by atoms with van der Waals surface area (Å²) in [6, 6.07) is 7.32. The molecular weight excluding hydrogens is 226 g/mol. The SMILES string of the molecule is Nc1ncc(Cc2ccc(Cl)cc2)c(=O)[nH]1. The van der Waals surface area contributed by atoms with E-state index >= 15 is 0 Å². The lowest BCUT2D eigenvalue weighted by Gasteiger charge is -2.01. The van der Waals surface area contributed by atoms with Crippen LogP contribution in [0.15, 0.2) is 35.3 Å². The number of H-pyrrole nitrogens is 1. The van der Waals surface area contributed by atoms with Gasteiger partial charge in [0.25, 0.3) is 5.56 Å². The van der Waals surface area contributed by atoms with Gasteiger partial charge in [0, 0.05) is 23.2 Å². The Morgan fingerprint density at radius 3 is 2.62 bits per heavy atom. The summed E-state index contributed by atoms with van der Waals surface area (Å²) in [6.07, 6.45) is 2.00. The molecule has 5 heteroatoms. The van der Waals surface area contributed by atoms with Crippen molar-refractivity contribution in [1.82, 2.24) is 9.97 Å². The summed E-state index contributed by atoms with van der Waals surface area (Å²) in [5.74, 6) is 0.129. The maximum Gasteiger partial charge on any atom is 0.255 e. The average Bonchev–Trinajstić information content (AvgIpc) is 2.25. The summed E-state index contributed by atoms with van der Waals surface area (Å²) in [5, 5.41) is 0.674. The van der Waals surface area contributed by atoms with Crippen LogP contribution in [0.2, 0.25) is 5.02 Å². The molecule has 1 aromatic carbocycles. The van der Waals surface area contributed by atoms with Crippen molar-refractivity contribution in [2.24, 2.45) is 0 Å². The Morgan fingerprint density at radius 1 is 1.31 bits per heavy atom. The van der Waals surface area contributed by atoms with E-state index in [-0.39, 0.29) is 11.5 Å². The van der Waals surface area contributed by atoms with Crippen LogP contribution in [0.1, 0.15) is 11.1 Å². The van der Waals surface area contributed by atoms with E-state index in [1.54, 1.807) is 12.1 Å². The molecule has 0 saturated heterocycles. The van der Waals surface area contributed by atoms with Gasteiger partial charge in [0.2, 0.25) is 0 Å². The quantitative estimate of drug-likeness (QED) is 0.831. The summed E-state index contributed by atoms with van der Waals surface area (Å²) in [6.45, 7) is 0. The van der Waals surface area contributed by atoms with Crippen LogP contribution in [0.4, 0.5) is 5.95 Å². The molecule has 16 heavy (non-hydrogen) atoms. The number of nitrogens with one attached hydrogen (secondary N) is 1. The third kappa shape index (κ3) is 2.41. The van der Waals surface area contributed by atoms with Gasteiger partial charge in [-0.1, -0.05) is 23.7 Å². The van der Waals surface area contributed by atoms with Crippen LogP contribution in [-0.2, 0) is 6.42 Å². The fourth-order valence-electron chi connectivity index (χ4n) is 1.38. The summed E-state index contributed by atoms with van der Waals surface area (Å²) >= 11 is 5.77. The van der Waals surface area contributed by atoms with Crippen LogP contribution >= 0.6 is 11.6 Å². The lowest BCUT2D eigenvalue weighted by molar-refractivity contribution is 1.04. The zero-order valence-electron chi connectivity index (χ0n) is 8.40. The van der Waals surface area contributed by atoms with Crippen LogP contribution in [0.5, 0.6) is 0 Å². The Bertz CT molecular complexity index is 548. The summed E-state index contributed by atoms with van der Waals surface area (Å²) in [7, 11) is 0. The highest BCUT2D eigenvalue weighted by Crippen LogP contribution is 2.11. The van der Waals surface area contributed by atoms with Crippen LogP contribution in [0.3, 0.4) is 0 Å².